The van der Waals surface area contributed by atoms with E-state index in [9.17, 15) is 22.0 Å². The van der Waals surface area contributed by atoms with Gasteiger partial charge in [0.05, 0.1) is 6.10 Å². The van der Waals surface area contributed by atoms with Crippen molar-refractivity contribution in [2.24, 2.45) is 0 Å². The lowest BCUT2D eigenvalue weighted by atomic mass is 9.94. The first-order valence-corrected chi connectivity index (χ1v) is 7.80. The molecule has 120 valence electrons. The molecule has 1 N–H and O–H groups in total. The van der Waals surface area contributed by atoms with E-state index in [-0.39, 0.29) is 6.42 Å². The van der Waals surface area contributed by atoms with Crippen molar-refractivity contribution in [3.63, 3.8) is 0 Å². The SMILES string of the molecule is O=C(OC1C2CC3C(O2)C1OS3(=O)=O)C(F)(F)SOOO. The van der Waals surface area contributed by atoms with E-state index in [4.69, 9.17) is 14.2 Å². The lowest BCUT2D eigenvalue weighted by Crippen LogP contribution is -2.44. The smallest absolute Gasteiger partial charge is 0.415 e. The Bertz CT molecular complexity index is 552. The van der Waals surface area contributed by atoms with Gasteiger partial charge in [-0.3, -0.25) is 4.18 Å². The Morgan fingerprint density at radius 3 is 2.76 bits per heavy atom. The number of ether oxygens (including phenoxy) is 2. The van der Waals surface area contributed by atoms with Crippen LogP contribution in [-0.2, 0) is 37.9 Å². The number of rotatable bonds is 5. The molecule has 0 aromatic rings. The van der Waals surface area contributed by atoms with Crippen molar-refractivity contribution in [3.05, 3.63) is 0 Å². The summed E-state index contributed by atoms with van der Waals surface area (Å²) in [7, 11) is -3.84. The van der Waals surface area contributed by atoms with Crippen LogP contribution < -0.4 is 0 Å². The molecule has 5 atom stereocenters. The molecule has 2 bridgehead atoms. The fourth-order valence-corrected chi connectivity index (χ4v) is 4.53. The van der Waals surface area contributed by atoms with Gasteiger partial charge in [0.1, 0.15) is 29.5 Å². The number of fused-ring (bicyclic) bond motifs is 1. The van der Waals surface area contributed by atoms with E-state index in [2.05, 4.69) is 14.1 Å². The second kappa shape index (κ2) is 4.97. The van der Waals surface area contributed by atoms with E-state index >= 15 is 0 Å². The Morgan fingerprint density at radius 2 is 2.10 bits per heavy atom. The van der Waals surface area contributed by atoms with Crippen LogP contribution in [0.1, 0.15) is 6.42 Å². The van der Waals surface area contributed by atoms with Gasteiger partial charge in [-0.05, 0) is 6.42 Å². The van der Waals surface area contributed by atoms with Gasteiger partial charge in [-0.15, -0.1) is 4.33 Å². The molecular weight excluding hydrogens is 342 g/mol. The van der Waals surface area contributed by atoms with Gasteiger partial charge < -0.3 is 9.47 Å². The second-order valence-corrected chi connectivity index (χ2v) is 7.18. The number of carbonyl (C=O) groups is 1. The van der Waals surface area contributed by atoms with Crippen molar-refractivity contribution in [2.75, 3.05) is 0 Å². The number of carbonyl (C=O) groups excluding carboxylic acids is 1. The van der Waals surface area contributed by atoms with Crippen LogP contribution in [0.2, 0.25) is 0 Å². The fraction of sp³-hybridized carbons (Fsp3) is 0.875. The van der Waals surface area contributed by atoms with Gasteiger partial charge in [0.25, 0.3) is 10.1 Å². The van der Waals surface area contributed by atoms with E-state index in [1.165, 1.54) is 0 Å². The third-order valence-corrected chi connectivity index (χ3v) is 5.64. The van der Waals surface area contributed by atoms with Crippen molar-refractivity contribution < 1.29 is 50.3 Å². The Hall–Kier alpha value is -0.570. The van der Waals surface area contributed by atoms with Crippen molar-refractivity contribution in [3.8, 4) is 0 Å². The van der Waals surface area contributed by atoms with Gasteiger partial charge in [-0.1, -0.05) is 5.04 Å². The van der Waals surface area contributed by atoms with Crippen molar-refractivity contribution >= 4 is 28.1 Å². The molecule has 0 aliphatic carbocycles. The molecule has 21 heavy (non-hydrogen) atoms. The first-order valence-electron chi connectivity index (χ1n) is 5.58. The molecule has 0 amide bonds. The van der Waals surface area contributed by atoms with Crippen LogP contribution in [-0.4, -0.2) is 54.6 Å². The van der Waals surface area contributed by atoms with Crippen LogP contribution in [0.5, 0.6) is 0 Å². The third kappa shape index (κ3) is 2.42. The van der Waals surface area contributed by atoms with E-state index in [0.717, 1.165) is 0 Å². The van der Waals surface area contributed by atoms with Crippen molar-refractivity contribution in [1.29, 1.82) is 0 Å². The topological polar surface area (TPSA) is 118 Å². The largest absolute Gasteiger partial charge is 0.451 e. The van der Waals surface area contributed by atoms with Crippen molar-refractivity contribution in [2.45, 2.75) is 41.3 Å². The maximum absolute atomic E-state index is 13.3. The molecule has 3 saturated heterocycles. The monoisotopic (exact) mass is 350 g/mol. The minimum atomic E-state index is -4.17. The Kier molecular flexibility index (Phi) is 3.63. The zero-order chi connectivity index (χ0) is 15.4. The first-order chi connectivity index (χ1) is 9.76. The van der Waals surface area contributed by atoms with E-state index in [1.54, 1.807) is 0 Å². The number of hydrogen-bond donors (Lipinski definition) is 1. The quantitative estimate of drug-likeness (QED) is 0.235. The van der Waals surface area contributed by atoms with Gasteiger partial charge in [0, 0.05) is 0 Å². The molecule has 3 rings (SSSR count). The summed E-state index contributed by atoms with van der Waals surface area (Å²) in [5.41, 5.74) is 0. The van der Waals surface area contributed by atoms with Gasteiger partial charge in [-0.2, -0.15) is 17.2 Å². The molecule has 3 fully saturated rings. The van der Waals surface area contributed by atoms with E-state index < -0.39 is 63.1 Å². The summed E-state index contributed by atoms with van der Waals surface area (Å²) in [4.78, 5) is 11.4. The summed E-state index contributed by atoms with van der Waals surface area (Å²) < 4.78 is 67.8. The lowest BCUT2D eigenvalue weighted by molar-refractivity contribution is -0.433. The van der Waals surface area contributed by atoms with Gasteiger partial charge in [-0.25, -0.2) is 10.1 Å². The zero-order valence-corrected chi connectivity index (χ0v) is 11.5. The number of hydrogen-bond acceptors (Lipinski definition) is 10. The minimum Gasteiger partial charge on any atom is -0.451 e. The molecule has 0 aromatic heterocycles. The third-order valence-electron chi connectivity index (χ3n) is 3.44. The predicted molar refractivity (Wildman–Crippen MR) is 58.1 cm³/mol. The molecule has 9 nitrogen and oxygen atoms in total. The maximum Gasteiger partial charge on any atom is 0.415 e. The van der Waals surface area contributed by atoms with E-state index in [1.807, 2.05) is 0 Å². The number of halogens is 2. The van der Waals surface area contributed by atoms with Gasteiger partial charge in [0.2, 0.25) is 0 Å². The summed E-state index contributed by atoms with van der Waals surface area (Å²) in [6.07, 6.45) is -4.01. The molecule has 3 aliphatic heterocycles. The first kappa shape index (κ1) is 15.3. The standard InChI is InChI=1S/C8H8F2O9S2/c9-8(10,20-19-18-12)7(11)16-4-2-1-3-5(15-2)6(4)17-21(3,13)14/h2-6,12H,1H2. The van der Waals surface area contributed by atoms with Crippen LogP contribution in [0.3, 0.4) is 0 Å². The number of esters is 1. The van der Waals surface area contributed by atoms with Crippen LogP contribution in [0.25, 0.3) is 0 Å². The van der Waals surface area contributed by atoms with E-state index in [0.29, 0.717) is 0 Å². The van der Waals surface area contributed by atoms with Gasteiger partial charge >= 0.3 is 11.2 Å². The highest BCUT2D eigenvalue weighted by molar-refractivity contribution is 7.96. The van der Waals surface area contributed by atoms with Crippen LogP contribution in [0.15, 0.2) is 0 Å². The minimum absolute atomic E-state index is 0.0103. The lowest BCUT2D eigenvalue weighted by Gasteiger charge is -2.23. The summed E-state index contributed by atoms with van der Waals surface area (Å²) in [6.45, 7) is 0. The highest BCUT2D eigenvalue weighted by atomic mass is 32.2. The Balaban J connectivity index is 1.69. The molecule has 3 heterocycles. The average molecular weight is 350 g/mol. The zero-order valence-electron chi connectivity index (χ0n) is 9.88. The molecule has 0 radical (unpaired) electrons. The maximum atomic E-state index is 13.3. The summed E-state index contributed by atoms with van der Waals surface area (Å²) >= 11 is -0.771. The molecule has 0 aromatic carbocycles. The highest BCUT2D eigenvalue weighted by Crippen LogP contribution is 2.48. The molecular formula is C8H8F2O9S2. The fourth-order valence-electron chi connectivity index (χ4n) is 2.65. The molecule has 5 unspecified atom stereocenters. The van der Waals surface area contributed by atoms with Gasteiger partial charge in [0.15, 0.2) is 6.10 Å². The van der Waals surface area contributed by atoms with Crippen LogP contribution >= 0.6 is 12.0 Å². The average Bonchev–Trinajstić information content (AvgIpc) is 3.00. The summed E-state index contributed by atoms with van der Waals surface area (Å²) in [6, 6.07) is 0. The Labute approximate surface area is 120 Å². The van der Waals surface area contributed by atoms with Crippen LogP contribution in [0.4, 0.5) is 8.78 Å². The second-order valence-electron chi connectivity index (χ2n) is 4.58. The Morgan fingerprint density at radius 1 is 1.38 bits per heavy atom. The predicted octanol–water partition coefficient (Wildman–Crippen LogP) is -0.171. The summed E-state index contributed by atoms with van der Waals surface area (Å²) in [5.74, 6) is -1.99. The molecule has 3 aliphatic rings. The molecule has 0 saturated carbocycles. The highest BCUT2D eigenvalue weighted by Gasteiger charge is 2.67. The van der Waals surface area contributed by atoms with Crippen LogP contribution in [0, 0.1) is 0 Å². The van der Waals surface area contributed by atoms with Crippen molar-refractivity contribution in [1.82, 2.24) is 0 Å². The molecule has 13 heteroatoms. The normalized spacial score (nSPS) is 39.7. The summed E-state index contributed by atoms with van der Waals surface area (Å²) in [5, 5.41) is 5.74. The molecule has 0 spiro atoms. The number of alkyl halides is 2.